The van der Waals surface area contributed by atoms with E-state index in [1.165, 1.54) is 19.1 Å². The van der Waals surface area contributed by atoms with Gasteiger partial charge in [0, 0.05) is 12.6 Å². The van der Waals surface area contributed by atoms with Gasteiger partial charge in [-0.15, -0.1) is 0 Å². The molecule has 166 valence electrons. The first-order chi connectivity index (χ1) is 14.4. The molecule has 0 saturated heterocycles. The van der Waals surface area contributed by atoms with Crippen molar-refractivity contribution in [2.45, 2.75) is 26.1 Å². The van der Waals surface area contributed by atoms with Gasteiger partial charge in [0.15, 0.2) is 6.10 Å². The van der Waals surface area contributed by atoms with Crippen molar-refractivity contribution in [3.8, 4) is 0 Å². The number of anilines is 2. The molecule has 0 saturated carbocycles. The van der Waals surface area contributed by atoms with Crippen LogP contribution in [0.3, 0.4) is 0 Å². The number of alkyl halides is 3. The number of nitrogens with one attached hydrogen (secondary N) is 2. The maximum atomic E-state index is 12.8. The van der Waals surface area contributed by atoms with Gasteiger partial charge in [-0.25, -0.2) is 4.79 Å². The summed E-state index contributed by atoms with van der Waals surface area (Å²) in [5, 5.41) is 16.0. The van der Waals surface area contributed by atoms with Gasteiger partial charge in [0.25, 0.3) is 11.6 Å². The molecule has 31 heavy (non-hydrogen) atoms. The maximum absolute atomic E-state index is 12.8. The molecule has 2 N–H and O–H groups in total. The molecule has 0 bridgehead atoms. The topological polar surface area (TPSA) is 111 Å². The molecule has 1 atom stereocenters. The first-order valence-electron chi connectivity index (χ1n) is 8.85. The van der Waals surface area contributed by atoms with Crippen molar-refractivity contribution in [2.24, 2.45) is 0 Å². The summed E-state index contributed by atoms with van der Waals surface area (Å²) in [6, 6.07) is 5.98. The van der Waals surface area contributed by atoms with Crippen LogP contribution in [0.15, 0.2) is 36.4 Å². The summed E-state index contributed by atoms with van der Waals surface area (Å²) < 4.78 is 43.5. The molecule has 0 aliphatic heterocycles. The highest BCUT2D eigenvalue weighted by atomic mass is 35.5. The second kappa shape index (κ2) is 9.65. The van der Waals surface area contributed by atoms with Crippen molar-refractivity contribution < 1.29 is 32.4 Å². The van der Waals surface area contributed by atoms with Gasteiger partial charge in [-0.1, -0.05) is 11.6 Å². The highest BCUT2D eigenvalue weighted by molar-refractivity contribution is 6.33. The predicted molar refractivity (Wildman–Crippen MR) is 107 cm³/mol. The molecular weight excluding hydrogens is 443 g/mol. The third-order valence-corrected chi connectivity index (χ3v) is 4.33. The number of hydrogen-bond acceptors (Lipinski definition) is 6. The number of ether oxygens (including phenoxy) is 1. The number of carbonyl (C=O) groups excluding carboxylic acids is 2. The van der Waals surface area contributed by atoms with Crippen LogP contribution >= 0.6 is 11.6 Å². The first kappa shape index (κ1) is 23.9. The largest absolute Gasteiger partial charge is 0.449 e. The Hall–Kier alpha value is -3.34. The molecule has 2 aromatic carbocycles. The summed E-state index contributed by atoms with van der Waals surface area (Å²) in [5.41, 5.74) is -1.66. The highest BCUT2D eigenvalue weighted by Gasteiger charge is 2.31. The Morgan fingerprint density at radius 1 is 1.19 bits per heavy atom. The molecule has 0 spiro atoms. The molecule has 0 fully saturated rings. The number of amides is 1. The van der Waals surface area contributed by atoms with Crippen LogP contribution in [0.1, 0.15) is 29.8 Å². The number of nitro groups is 1. The number of esters is 1. The van der Waals surface area contributed by atoms with Gasteiger partial charge in [0.1, 0.15) is 5.69 Å². The van der Waals surface area contributed by atoms with Crippen molar-refractivity contribution in [2.75, 3.05) is 17.2 Å². The van der Waals surface area contributed by atoms with E-state index in [9.17, 15) is 32.9 Å². The minimum absolute atomic E-state index is 0.144. The van der Waals surface area contributed by atoms with Crippen LogP contribution in [0.4, 0.5) is 30.2 Å². The Morgan fingerprint density at radius 2 is 1.87 bits per heavy atom. The molecule has 12 heteroatoms. The summed E-state index contributed by atoms with van der Waals surface area (Å²) in [5.74, 6) is -1.96. The van der Waals surface area contributed by atoms with Crippen molar-refractivity contribution in [3.05, 3.63) is 62.7 Å². The smallest absolute Gasteiger partial charge is 0.416 e. The van der Waals surface area contributed by atoms with Crippen LogP contribution in [-0.4, -0.2) is 29.4 Å². The molecule has 0 aliphatic carbocycles. The Kier molecular flexibility index (Phi) is 7.45. The molecule has 0 heterocycles. The average Bonchev–Trinajstić information content (AvgIpc) is 2.68. The fourth-order valence-corrected chi connectivity index (χ4v) is 2.63. The Labute approximate surface area is 179 Å². The second-order valence-corrected chi connectivity index (χ2v) is 6.66. The minimum atomic E-state index is -4.64. The van der Waals surface area contributed by atoms with Gasteiger partial charge < -0.3 is 15.4 Å². The maximum Gasteiger partial charge on any atom is 0.416 e. The average molecular weight is 460 g/mol. The Morgan fingerprint density at radius 3 is 2.45 bits per heavy atom. The Bertz CT molecular complexity index is 1010. The molecule has 0 aliphatic rings. The van der Waals surface area contributed by atoms with Crippen LogP contribution in [-0.2, 0) is 15.7 Å². The molecule has 8 nitrogen and oxygen atoms in total. The van der Waals surface area contributed by atoms with E-state index in [4.69, 9.17) is 16.3 Å². The van der Waals surface area contributed by atoms with Crippen molar-refractivity contribution in [1.29, 1.82) is 0 Å². The molecular formula is C19H17ClF3N3O5. The van der Waals surface area contributed by atoms with Gasteiger partial charge in [-0.2, -0.15) is 13.2 Å². The summed E-state index contributed by atoms with van der Waals surface area (Å²) in [4.78, 5) is 35.1. The van der Waals surface area contributed by atoms with E-state index < -0.39 is 34.6 Å². The van der Waals surface area contributed by atoms with Gasteiger partial charge in [-0.3, -0.25) is 14.9 Å². The van der Waals surface area contributed by atoms with Crippen molar-refractivity contribution in [3.63, 3.8) is 0 Å². The van der Waals surface area contributed by atoms with E-state index in [1.54, 1.807) is 6.92 Å². The summed E-state index contributed by atoms with van der Waals surface area (Å²) >= 11 is 5.82. The lowest BCUT2D eigenvalue weighted by Gasteiger charge is -2.16. The fraction of sp³-hybridized carbons (Fsp3) is 0.263. The van der Waals surface area contributed by atoms with E-state index in [1.807, 2.05) is 0 Å². The summed E-state index contributed by atoms with van der Waals surface area (Å²) in [6.45, 7) is 3.35. The SMILES string of the molecule is CCNc1ccc(C(=O)O[C@H](C)C(=O)Nc2cc(C(F)(F)F)ccc2Cl)cc1[N+](=O)[O-]. The number of nitrogens with zero attached hydrogens (tertiary/aromatic N) is 1. The zero-order valence-corrected chi connectivity index (χ0v) is 17.0. The van der Waals surface area contributed by atoms with Crippen LogP contribution in [0.25, 0.3) is 0 Å². The van der Waals surface area contributed by atoms with Crippen molar-refractivity contribution >= 4 is 40.5 Å². The lowest BCUT2D eigenvalue weighted by Crippen LogP contribution is -2.30. The van der Waals surface area contributed by atoms with Gasteiger partial charge >= 0.3 is 12.1 Å². The number of rotatable bonds is 7. The number of halogens is 4. The van der Waals surface area contributed by atoms with E-state index in [0.717, 1.165) is 18.2 Å². The third kappa shape index (κ3) is 6.07. The number of nitro benzene ring substituents is 1. The number of hydrogen-bond donors (Lipinski definition) is 2. The molecule has 0 aromatic heterocycles. The van der Waals surface area contributed by atoms with Gasteiger partial charge in [-0.05, 0) is 44.2 Å². The zero-order chi connectivity index (χ0) is 23.3. The van der Waals surface area contributed by atoms with Gasteiger partial charge in [0.2, 0.25) is 0 Å². The second-order valence-electron chi connectivity index (χ2n) is 6.25. The quantitative estimate of drug-likeness (QED) is 0.347. The van der Waals surface area contributed by atoms with Crippen LogP contribution < -0.4 is 10.6 Å². The van der Waals surface area contributed by atoms with Crippen LogP contribution in [0.5, 0.6) is 0 Å². The van der Waals surface area contributed by atoms with E-state index in [0.29, 0.717) is 12.6 Å². The summed E-state index contributed by atoms with van der Waals surface area (Å²) in [6.07, 6.45) is -6.07. The Balaban J connectivity index is 2.14. The minimum Gasteiger partial charge on any atom is -0.449 e. The third-order valence-electron chi connectivity index (χ3n) is 4.00. The molecule has 2 rings (SSSR count). The zero-order valence-electron chi connectivity index (χ0n) is 16.2. The van der Waals surface area contributed by atoms with Crippen LogP contribution in [0, 0.1) is 10.1 Å². The molecule has 1 amide bonds. The van der Waals surface area contributed by atoms with Crippen molar-refractivity contribution in [1.82, 2.24) is 0 Å². The van der Waals surface area contributed by atoms with Crippen LogP contribution in [0.2, 0.25) is 5.02 Å². The lowest BCUT2D eigenvalue weighted by molar-refractivity contribution is -0.384. The monoisotopic (exact) mass is 459 g/mol. The number of benzene rings is 2. The first-order valence-corrected chi connectivity index (χ1v) is 9.22. The predicted octanol–water partition coefficient (Wildman–Crippen LogP) is 4.88. The van der Waals surface area contributed by atoms with E-state index in [2.05, 4.69) is 10.6 Å². The van der Waals surface area contributed by atoms with Gasteiger partial charge in [0.05, 0.1) is 26.8 Å². The van der Waals surface area contributed by atoms with E-state index >= 15 is 0 Å². The number of carbonyl (C=O) groups is 2. The molecule has 0 radical (unpaired) electrons. The molecule has 0 unspecified atom stereocenters. The lowest BCUT2D eigenvalue weighted by atomic mass is 10.1. The van der Waals surface area contributed by atoms with E-state index in [-0.39, 0.29) is 27.6 Å². The fourth-order valence-electron chi connectivity index (χ4n) is 2.46. The standard InChI is InChI=1S/C19H17ClF3N3O5/c1-3-24-14-7-4-11(8-16(14)26(29)30)18(28)31-10(2)17(27)25-15-9-12(19(21,22)23)5-6-13(15)20/h4-10,24H,3H2,1-2H3,(H,25,27)/t10-/m1/s1. The highest BCUT2D eigenvalue weighted by Crippen LogP contribution is 2.34. The molecule has 2 aromatic rings. The normalized spacial score (nSPS) is 12.1. The summed E-state index contributed by atoms with van der Waals surface area (Å²) in [7, 11) is 0.